The Morgan fingerprint density at radius 1 is 0.889 bits per heavy atom. The molecule has 2 aliphatic rings. The first-order valence-corrected chi connectivity index (χ1v) is 16.1. The topological polar surface area (TPSA) is 66.9 Å². The van der Waals surface area contributed by atoms with Crippen molar-refractivity contribution in [1.29, 1.82) is 0 Å². The monoisotopic (exact) mass is 621 g/mol. The molecule has 1 atom stereocenters. The van der Waals surface area contributed by atoms with Crippen LogP contribution in [-0.2, 0) is 27.1 Å². The fourth-order valence-corrected chi connectivity index (χ4v) is 6.60. The number of fused-ring (bicyclic) bond motifs is 2. The van der Waals surface area contributed by atoms with Crippen molar-refractivity contribution >= 4 is 5.97 Å². The van der Waals surface area contributed by atoms with Crippen LogP contribution in [0, 0.1) is 39.3 Å². The van der Waals surface area contributed by atoms with Crippen molar-refractivity contribution in [2.24, 2.45) is 0 Å². The smallest absolute Gasteiger partial charge is 0.340 e. The summed E-state index contributed by atoms with van der Waals surface area (Å²) in [6.45, 7) is 16.4. The third-order valence-corrected chi connectivity index (χ3v) is 8.71. The second kappa shape index (κ2) is 13.1. The number of hydrogen-bond acceptors (Lipinski definition) is 6. The van der Waals surface area contributed by atoms with E-state index in [2.05, 4.69) is 0 Å². The van der Waals surface area contributed by atoms with Gasteiger partial charge in [-0.3, -0.25) is 4.98 Å². The third kappa shape index (κ3) is 6.44. The lowest BCUT2D eigenvalue weighted by atomic mass is 9.81. The second-order valence-corrected chi connectivity index (χ2v) is 13.2. The van der Waals surface area contributed by atoms with Crippen molar-refractivity contribution in [1.82, 2.24) is 4.98 Å². The van der Waals surface area contributed by atoms with E-state index in [0.29, 0.717) is 71.7 Å². The summed E-state index contributed by atoms with van der Waals surface area (Å²) in [7, 11) is 0. The quantitative estimate of drug-likeness (QED) is 0.185. The molecule has 6 nitrogen and oxygen atoms in total. The number of unbranched alkanes of at least 4 members (excludes halogenated alkanes) is 1. The molecule has 3 heterocycles. The highest BCUT2D eigenvalue weighted by molar-refractivity contribution is 5.94. The summed E-state index contributed by atoms with van der Waals surface area (Å²) in [6.07, 6.45) is 3.29. The standard InChI is InChI=1S/C37H45F2NO5/c1-9-10-15-44-36(41)35(45-37(6,7)8)31-23(5)40-22(4)30(26-18-28(38)33-24(20(26)2)13-11-16-42-33)32(31)27-19-29(39)34-25(21(27)3)14-12-17-43-34/h18-19,35H,9-17H2,1-8H3/t35-/m0/s1. The van der Waals surface area contributed by atoms with Crippen LogP contribution in [-0.4, -0.2) is 36.4 Å². The Bertz CT molecular complexity index is 1620. The van der Waals surface area contributed by atoms with Crippen LogP contribution < -0.4 is 9.47 Å². The molecule has 0 N–H and O–H groups in total. The summed E-state index contributed by atoms with van der Waals surface area (Å²) in [5.41, 5.74) is 6.68. The van der Waals surface area contributed by atoms with Gasteiger partial charge in [0.2, 0.25) is 0 Å². The molecular formula is C37H45F2NO5. The zero-order valence-electron chi connectivity index (χ0n) is 27.8. The highest BCUT2D eigenvalue weighted by Crippen LogP contribution is 2.48. The van der Waals surface area contributed by atoms with E-state index in [1.54, 1.807) is 0 Å². The van der Waals surface area contributed by atoms with Crippen LogP contribution in [0.4, 0.5) is 8.78 Å². The van der Waals surface area contributed by atoms with Crippen LogP contribution in [0.15, 0.2) is 12.1 Å². The van der Waals surface area contributed by atoms with Gasteiger partial charge < -0.3 is 18.9 Å². The number of pyridine rings is 1. The molecule has 2 aliphatic heterocycles. The highest BCUT2D eigenvalue weighted by atomic mass is 19.1. The normalized spacial score (nSPS) is 15.1. The summed E-state index contributed by atoms with van der Waals surface area (Å²) in [5.74, 6) is -0.928. The summed E-state index contributed by atoms with van der Waals surface area (Å²) in [5, 5.41) is 0. The number of esters is 1. The van der Waals surface area contributed by atoms with Crippen molar-refractivity contribution in [2.45, 2.75) is 106 Å². The van der Waals surface area contributed by atoms with E-state index in [1.165, 1.54) is 12.1 Å². The number of carbonyl (C=O) groups excluding carboxylic acids is 1. The van der Waals surface area contributed by atoms with Crippen LogP contribution in [0.1, 0.15) is 98.7 Å². The highest BCUT2D eigenvalue weighted by Gasteiger charge is 2.36. The number of aryl methyl sites for hydroxylation is 2. The Labute approximate surface area is 265 Å². The molecule has 0 aliphatic carbocycles. The molecule has 5 rings (SSSR count). The maximum Gasteiger partial charge on any atom is 0.340 e. The predicted octanol–water partition coefficient (Wildman–Crippen LogP) is 8.78. The van der Waals surface area contributed by atoms with Crippen molar-refractivity contribution in [3.05, 3.63) is 63.0 Å². The van der Waals surface area contributed by atoms with Gasteiger partial charge >= 0.3 is 5.97 Å². The minimum Gasteiger partial charge on any atom is -0.490 e. The lowest BCUT2D eigenvalue weighted by Gasteiger charge is -2.32. The van der Waals surface area contributed by atoms with Crippen molar-refractivity contribution in [3.63, 3.8) is 0 Å². The Morgan fingerprint density at radius 3 is 1.93 bits per heavy atom. The van der Waals surface area contributed by atoms with E-state index in [1.807, 2.05) is 55.4 Å². The number of nitrogens with zero attached hydrogens (tertiary/aromatic N) is 1. The molecule has 2 aromatic carbocycles. The largest absolute Gasteiger partial charge is 0.490 e. The molecule has 45 heavy (non-hydrogen) atoms. The Kier molecular flexibility index (Phi) is 9.54. The van der Waals surface area contributed by atoms with E-state index < -0.39 is 29.3 Å². The first-order chi connectivity index (χ1) is 21.3. The Hall–Kier alpha value is -3.52. The zero-order chi connectivity index (χ0) is 32.6. The fraction of sp³-hybridized carbons (Fsp3) is 0.514. The maximum atomic E-state index is 15.9. The van der Waals surface area contributed by atoms with E-state index in [4.69, 9.17) is 23.9 Å². The number of aromatic nitrogens is 1. The van der Waals surface area contributed by atoms with Gasteiger partial charge in [-0.25, -0.2) is 13.6 Å². The molecule has 0 unspecified atom stereocenters. The molecule has 242 valence electrons. The van der Waals surface area contributed by atoms with Gasteiger partial charge in [-0.2, -0.15) is 0 Å². The molecule has 1 aromatic heterocycles. The predicted molar refractivity (Wildman–Crippen MR) is 171 cm³/mol. The van der Waals surface area contributed by atoms with Gasteiger partial charge in [0, 0.05) is 33.6 Å². The van der Waals surface area contributed by atoms with E-state index >= 15 is 8.78 Å². The van der Waals surface area contributed by atoms with Crippen LogP contribution in [0.2, 0.25) is 0 Å². The average molecular weight is 622 g/mol. The minimum atomic E-state index is -1.16. The third-order valence-electron chi connectivity index (χ3n) is 8.71. The van der Waals surface area contributed by atoms with Gasteiger partial charge in [-0.1, -0.05) is 13.3 Å². The molecule has 0 amide bonds. The Morgan fingerprint density at radius 2 is 1.42 bits per heavy atom. The van der Waals surface area contributed by atoms with Gasteiger partial charge in [0.05, 0.1) is 25.4 Å². The molecule has 0 saturated carbocycles. The second-order valence-electron chi connectivity index (χ2n) is 13.2. The summed E-state index contributed by atoms with van der Waals surface area (Å²) < 4.78 is 55.5. The summed E-state index contributed by atoms with van der Waals surface area (Å²) in [4.78, 5) is 18.8. The number of halogens is 2. The number of ether oxygens (including phenoxy) is 4. The zero-order valence-corrected chi connectivity index (χ0v) is 27.8. The molecule has 0 bridgehead atoms. The minimum absolute atomic E-state index is 0.249. The van der Waals surface area contributed by atoms with Crippen molar-refractivity contribution < 1.29 is 32.5 Å². The van der Waals surface area contributed by atoms with Gasteiger partial charge in [0.1, 0.15) is 0 Å². The fourth-order valence-electron chi connectivity index (χ4n) is 6.60. The number of rotatable bonds is 8. The number of hydrogen-bond donors (Lipinski definition) is 0. The molecule has 0 fully saturated rings. The SMILES string of the molecule is CCCCOC(=O)[C@@H](OC(C)(C)C)c1c(C)nc(C)c(-c2cc(F)c3c(c2C)CCCO3)c1-c1cc(F)c2c(c1C)CCCO2. The lowest BCUT2D eigenvalue weighted by molar-refractivity contribution is -0.167. The lowest BCUT2D eigenvalue weighted by Crippen LogP contribution is -2.30. The molecular weight excluding hydrogens is 576 g/mol. The summed E-state index contributed by atoms with van der Waals surface area (Å²) >= 11 is 0. The van der Waals surface area contributed by atoms with E-state index in [9.17, 15) is 4.79 Å². The van der Waals surface area contributed by atoms with Gasteiger partial charge in [0.25, 0.3) is 0 Å². The van der Waals surface area contributed by atoms with Crippen LogP contribution in [0.25, 0.3) is 22.3 Å². The van der Waals surface area contributed by atoms with Gasteiger partial charge in [-0.15, -0.1) is 0 Å². The summed E-state index contributed by atoms with van der Waals surface area (Å²) in [6, 6.07) is 2.96. The van der Waals surface area contributed by atoms with E-state index in [0.717, 1.165) is 41.5 Å². The molecule has 0 saturated heterocycles. The first kappa shape index (κ1) is 32.9. The maximum absolute atomic E-state index is 15.9. The Balaban J connectivity index is 1.89. The van der Waals surface area contributed by atoms with Crippen LogP contribution in [0.5, 0.6) is 11.5 Å². The van der Waals surface area contributed by atoms with Gasteiger partial charge in [-0.05, 0) is 121 Å². The van der Waals surface area contributed by atoms with Crippen LogP contribution in [0.3, 0.4) is 0 Å². The molecule has 3 aromatic rings. The van der Waals surface area contributed by atoms with E-state index in [-0.39, 0.29) is 18.1 Å². The molecule has 0 spiro atoms. The first-order valence-electron chi connectivity index (χ1n) is 16.1. The molecule has 8 heteroatoms. The van der Waals surface area contributed by atoms with Crippen molar-refractivity contribution in [2.75, 3.05) is 19.8 Å². The van der Waals surface area contributed by atoms with Crippen molar-refractivity contribution in [3.8, 4) is 33.8 Å². The average Bonchev–Trinajstić information content (AvgIpc) is 2.99. The number of benzene rings is 2. The van der Waals surface area contributed by atoms with Gasteiger partial charge in [0.15, 0.2) is 29.2 Å². The van der Waals surface area contributed by atoms with Crippen LogP contribution >= 0.6 is 0 Å². The number of carbonyl (C=O) groups is 1. The molecule has 0 radical (unpaired) electrons.